The van der Waals surface area contributed by atoms with Gasteiger partial charge in [0, 0.05) is 25.6 Å². The molecule has 0 saturated heterocycles. The van der Waals surface area contributed by atoms with Gasteiger partial charge in [0.15, 0.2) is 0 Å². The Labute approximate surface area is 116 Å². The lowest BCUT2D eigenvalue weighted by Gasteiger charge is -2.16. The van der Waals surface area contributed by atoms with Crippen LogP contribution in [0.1, 0.15) is 47.5 Å². The maximum absolute atomic E-state index is 11.7. The van der Waals surface area contributed by atoms with Crippen molar-refractivity contribution in [2.24, 2.45) is 5.92 Å². The van der Waals surface area contributed by atoms with Gasteiger partial charge in [-0.1, -0.05) is 20.8 Å². The van der Waals surface area contributed by atoms with Crippen LogP contribution >= 0.6 is 0 Å². The fourth-order valence-electron chi connectivity index (χ4n) is 1.40. The molecule has 0 aromatic heterocycles. The molecule has 0 aliphatic heterocycles. The lowest BCUT2D eigenvalue weighted by atomic mass is 10.2. The van der Waals surface area contributed by atoms with E-state index in [9.17, 15) is 9.59 Å². The van der Waals surface area contributed by atoms with Crippen LogP contribution < -0.4 is 16.0 Å². The molecule has 2 amide bonds. The number of hydrogen-bond acceptors (Lipinski definition) is 3. The quantitative estimate of drug-likeness (QED) is 0.587. The second-order valence-electron chi connectivity index (χ2n) is 5.44. The highest BCUT2D eigenvalue weighted by Gasteiger charge is 2.12. The Morgan fingerprint density at radius 1 is 1.11 bits per heavy atom. The third kappa shape index (κ3) is 9.47. The lowest BCUT2D eigenvalue weighted by Crippen LogP contribution is -2.44. The van der Waals surface area contributed by atoms with E-state index in [1.54, 1.807) is 0 Å². The van der Waals surface area contributed by atoms with E-state index in [2.05, 4.69) is 29.8 Å². The molecule has 0 aromatic rings. The second-order valence-corrected chi connectivity index (χ2v) is 5.44. The maximum atomic E-state index is 11.7. The monoisotopic (exact) mass is 271 g/mol. The second kappa shape index (κ2) is 9.78. The summed E-state index contributed by atoms with van der Waals surface area (Å²) >= 11 is 0. The summed E-state index contributed by atoms with van der Waals surface area (Å²) in [5.41, 5.74) is 0. The van der Waals surface area contributed by atoms with Gasteiger partial charge in [-0.2, -0.15) is 0 Å². The van der Waals surface area contributed by atoms with Crippen LogP contribution in [0.25, 0.3) is 0 Å². The Morgan fingerprint density at radius 2 is 1.74 bits per heavy atom. The molecule has 0 heterocycles. The van der Waals surface area contributed by atoms with Crippen molar-refractivity contribution in [1.29, 1.82) is 0 Å². The average molecular weight is 271 g/mol. The summed E-state index contributed by atoms with van der Waals surface area (Å²) < 4.78 is 0. The van der Waals surface area contributed by atoms with E-state index in [-0.39, 0.29) is 23.9 Å². The molecule has 0 fully saturated rings. The molecule has 2 atom stereocenters. The fraction of sp³-hybridized carbons (Fsp3) is 0.857. The third-order valence-corrected chi connectivity index (χ3v) is 2.90. The zero-order chi connectivity index (χ0) is 14.8. The topological polar surface area (TPSA) is 70.2 Å². The van der Waals surface area contributed by atoms with Gasteiger partial charge in [-0.3, -0.25) is 9.59 Å². The van der Waals surface area contributed by atoms with Gasteiger partial charge in [0.2, 0.25) is 11.8 Å². The first kappa shape index (κ1) is 17.9. The first-order chi connectivity index (χ1) is 8.86. The van der Waals surface area contributed by atoms with Gasteiger partial charge < -0.3 is 16.0 Å². The van der Waals surface area contributed by atoms with Crippen molar-refractivity contribution < 1.29 is 9.59 Å². The van der Waals surface area contributed by atoms with Gasteiger partial charge in [-0.15, -0.1) is 0 Å². The van der Waals surface area contributed by atoms with Crippen LogP contribution in [0, 0.1) is 5.92 Å². The van der Waals surface area contributed by atoms with Crippen molar-refractivity contribution in [2.45, 2.75) is 59.5 Å². The van der Waals surface area contributed by atoms with Crippen LogP contribution in [0.15, 0.2) is 0 Å². The first-order valence-corrected chi connectivity index (χ1v) is 7.17. The average Bonchev–Trinajstić information content (AvgIpc) is 2.35. The highest BCUT2D eigenvalue weighted by atomic mass is 16.2. The molecule has 0 aliphatic rings. The molecule has 0 radical (unpaired) electrons. The van der Waals surface area contributed by atoms with Gasteiger partial charge in [0.1, 0.15) is 0 Å². The number of nitrogens with one attached hydrogen (secondary N) is 3. The van der Waals surface area contributed by atoms with E-state index >= 15 is 0 Å². The van der Waals surface area contributed by atoms with E-state index in [1.165, 1.54) is 0 Å². The molecular formula is C14H29N3O2. The van der Waals surface area contributed by atoms with Crippen LogP contribution in [-0.4, -0.2) is 37.0 Å². The number of amides is 2. The number of carbonyl (C=O) groups is 2. The molecule has 0 saturated carbocycles. The smallest absolute Gasteiger partial charge is 0.236 e. The summed E-state index contributed by atoms with van der Waals surface area (Å²) in [5.74, 6) is 0.449. The standard InChI is InChI=1S/C14H29N3O2/c1-6-11(4)17-13(18)7-8-15-12(5)14(19)16-9-10(2)3/h10-12,15H,6-9H2,1-5H3,(H,16,19)(H,17,18). The Kier molecular flexibility index (Phi) is 9.21. The zero-order valence-corrected chi connectivity index (χ0v) is 12.9. The van der Waals surface area contributed by atoms with Crippen LogP contribution in [0.5, 0.6) is 0 Å². The van der Waals surface area contributed by atoms with E-state index in [4.69, 9.17) is 0 Å². The summed E-state index contributed by atoms with van der Waals surface area (Å²) in [4.78, 5) is 23.2. The van der Waals surface area contributed by atoms with Gasteiger partial charge in [0.25, 0.3) is 0 Å². The minimum Gasteiger partial charge on any atom is -0.354 e. The van der Waals surface area contributed by atoms with Gasteiger partial charge in [-0.25, -0.2) is 0 Å². The highest BCUT2D eigenvalue weighted by molar-refractivity contribution is 5.81. The van der Waals surface area contributed by atoms with Crippen molar-refractivity contribution in [2.75, 3.05) is 13.1 Å². The molecule has 0 rings (SSSR count). The van der Waals surface area contributed by atoms with Gasteiger partial charge >= 0.3 is 0 Å². The highest BCUT2D eigenvalue weighted by Crippen LogP contribution is 1.91. The predicted octanol–water partition coefficient (Wildman–Crippen LogP) is 1.04. The minimum absolute atomic E-state index is 0.0176. The summed E-state index contributed by atoms with van der Waals surface area (Å²) in [6.45, 7) is 11.1. The number of carbonyl (C=O) groups excluding carboxylic acids is 2. The normalized spacial score (nSPS) is 14.0. The molecule has 3 N–H and O–H groups in total. The Hall–Kier alpha value is -1.10. The van der Waals surface area contributed by atoms with Crippen LogP contribution in [0.2, 0.25) is 0 Å². The molecule has 0 aliphatic carbocycles. The van der Waals surface area contributed by atoms with Crippen LogP contribution in [0.3, 0.4) is 0 Å². The first-order valence-electron chi connectivity index (χ1n) is 7.17. The summed E-state index contributed by atoms with van der Waals surface area (Å²) in [6.07, 6.45) is 1.32. The fourth-order valence-corrected chi connectivity index (χ4v) is 1.40. The third-order valence-electron chi connectivity index (χ3n) is 2.90. The molecular weight excluding hydrogens is 242 g/mol. The van der Waals surface area contributed by atoms with E-state index < -0.39 is 0 Å². The number of hydrogen-bond donors (Lipinski definition) is 3. The van der Waals surface area contributed by atoms with Crippen molar-refractivity contribution in [3.05, 3.63) is 0 Å². The van der Waals surface area contributed by atoms with E-state index in [0.717, 1.165) is 6.42 Å². The largest absolute Gasteiger partial charge is 0.354 e. The molecule has 112 valence electrons. The van der Waals surface area contributed by atoms with Gasteiger partial charge in [-0.05, 0) is 26.2 Å². The van der Waals surface area contributed by atoms with Crippen LogP contribution in [-0.2, 0) is 9.59 Å². The minimum atomic E-state index is -0.268. The molecule has 0 aromatic carbocycles. The van der Waals surface area contributed by atoms with Crippen molar-refractivity contribution in [1.82, 2.24) is 16.0 Å². The summed E-state index contributed by atoms with van der Waals surface area (Å²) in [5, 5.41) is 8.81. The van der Waals surface area contributed by atoms with E-state index in [1.807, 2.05) is 20.8 Å². The molecule has 0 spiro atoms. The molecule has 2 unspecified atom stereocenters. The van der Waals surface area contributed by atoms with Crippen molar-refractivity contribution in [3.63, 3.8) is 0 Å². The van der Waals surface area contributed by atoms with Crippen molar-refractivity contribution >= 4 is 11.8 Å². The summed E-state index contributed by atoms with van der Waals surface area (Å²) in [6, 6.07) is -0.0607. The Morgan fingerprint density at radius 3 is 2.26 bits per heavy atom. The molecule has 0 bridgehead atoms. The predicted molar refractivity (Wildman–Crippen MR) is 77.8 cm³/mol. The lowest BCUT2D eigenvalue weighted by molar-refractivity contribution is -0.124. The number of rotatable bonds is 9. The summed E-state index contributed by atoms with van der Waals surface area (Å²) in [7, 11) is 0. The Bertz CT molecular complexity index is 280. The maximum Gasteiger partial charge on any atom is 0.236 e. The van der Waals surface area contributed by atoms with Gasteiger partial charge in [0.05, 0.1) is 6.04 Å². The zero-order valence-electron chi connectivity index (χ0n) is 12.9. The van der Waals surface area contributed by atoms with Crippen molar-refractivity contribution in [3.8, 4) is 0 Å². The van der Waals surface area contributed by atoms with E-state index in [0.29, 0.717) is 25.4 Å². The molecule has 19 heavy (non-hydrogen) atoms. The SMILES string of the molecule is CCC(C)NC(=O)CCNC(C)C(=O)NCC(C)C. The van der Waals surface area contributed by atoms with Crippen LogP contribution in [0.4, 0.5) is 0 Å². The Balaban J connectivity index is 3.75. The molecule has 5 nitrogen and oxygen atoms in total. The molecule has 5 heteroatoms.